The Morgan fingerprint density at radius 2 is 2.00 bits per heavy atom. The Bertz CT molecular complexity index is 1010. The minimum absolute atomic E-state index is 0.102. The van der Waals surface area contributed by atoms with Gasteiger partial charge in [-0.2, -0.15) is 0 Å². The van der Waals surface area contributed by atoms with E-state index in [1.54, 1.807) is 0 Å². The summed E-state index contributed by atoms with van der Waals surface area (Å²) in [4.78, 5) is 33.9. The molecule has 1 aliphatic carbocycles. The Kier molecular flexibility index (Phi) is 3.82. The molecule has 28 heavy (non-hydrogen) atoms. The number of anilines is 1. The molecule has 2 aromatic rings. The molecule has 1 saturated heterocycles. The normalized spacial score (nSPS) is 19.1. The van der Waals surface area contributed by atoms with Crippen LogP contribution in [-0.2, 0) is 23.1 Å². The van der Waals surface area contributed by atoms with E-state index in [4.69, 9.17) is 15.2 Å². The Labute approximate surface area is 161 Å². The number of piperidine rings is 1. The predicted molar refractivity (Wildman–Crippen MR) is 101 cm³/mol. The molecule has 3 N–H and O–H groups in total. The van der Waals surface area contributed by atoms with Crippen molar-refractivity contribution in [3.63, 3.8) is 0 Å². The van der Waals surface area contributed by atoms with E-state index < -0.39 is 0 Å². The Balaban J connectivity index is 1.28. The second-order valence-corrected chi connectivity index (χ2v) is 7.80. The van der Waals surface area contributed by atoms with E-state index in [1.807, 2.05) is 23.1 Å². The van der Waals surface area contributed by atoms with Crippen LogP contribution in [-0.4, -0.2) is 40.7 Å². The summed E-state index contributed by atoms with van der Waals surface area (Å²) in [6.07, 6.45) is 3.58. The number of nitrogens with one attached hydrogen (secondary N) is 1. The van der Waals surface area contributed by atoms with Gasteiger partial charge in [-0.25, -0.2) is 4.98 Å². The lowest BCUT2D eigenvalue weighted by Crippen LogP contribution is -2.45. The Hall–Kier alpha value is -3.03. The number of fused-ring (bicyclic) bond motifs is 3. The molecule has 0 unspecified atom stereocenters. The van der Waals surface area contributed by atoms with Crippen molar-refractivity contribution in [2.24, 2.45) is 0 Å². The van der Waals surface area contributed by atoms with Gasteiger partial charge in [-0.1, -0.05) is 6.07 Å². The summed E-state index contributed by atoms with van der Waals surface area (Å²) >= 11 is 0. The van der Waals surface area contributed by atoms with Crippen LogP contribution in [0.25, 0.3) is 0 Å². The first-order chi connectivity index (χ1) is 13.5. The van der Waals surface area contributed by atoms with Gasteiger partial charge in [0.15, 0.2) is 11.5 Å². The molecule has 1 aromatic heterocycles. The van der Waals surface area contributed by atoms with Gasteiger partial charge in [0.05, 0.1) is 12.1 Å². The molecule has 8 nitrogen and oxygen atoms in total. The maximum Gasteiger partial charge on any atom is 0.255 e. The van der Waals surface area contributed by atoms with Crippen LogP contribution in [0.3, 0.4) is 0 Å². The van der Waals surface area contributed by atoms with Gasteiger partial charge in [-0.15, -0.1) is 0 Å². The van der Waals surface area contributed by atoms with Crippen LogP contribution in [0, 0.1) is 0 Å². The molecule has 0 atom stereocenters. The lowest BCUT2D eigenvalue weighted by molar-refractivity contribution is -0.132. The molecule has 1 fully saturated rings. The molecule has 1 spiro atoms. The van der Waals surface area contributed by atoms with Crippen LogP contribution in [0.1, 0.15) is 36.1 Å². The van der Waals surface area contributed by atoms with Crippen molar-refractivity contribution in [2.45, 2.75) is 37.5 Å². The minimum Gasteiger partial charge on any atom is -0.454 e. The highest BCUT2D eigenvalue weighted by molar-refractivity contribution is 5.79. The molecule has 1 aromatic carbocycles. The van der Waals surface area contributed by atoms with Crippen LogP contribution in [0.15, 0.2) is 23.0 Å². The first kappa shape index (κ1) is 17.1. The highest BCUT2D eigenvalue weighted by Gasteiger charge is 2.44. The van der Waals surface area contributed by atoms with Crippen molar-refractivity contribution < 1.29 is 14.3 Å². The zero-order chi connectivity index (χ0) is 19.3. The second kappa shape index (κ2) is 6.25. The lowest BCUT2D eigenvalue weighted by Gasteiger charge is -2.39. The number of aromatic amines is 1. The maximum atomic E-state index is 12.8. The fourth-order valence-corrected chi connectivity index (χ4v) is 4.68. The average Bonchev–Trinajstić information content (AvgIpc) is 3.28. The number of carbonyl (C=O) groups is 1. The van der Waals surface area contributed by atoms with Crippen molar-refractivity contribution in [1.82, 2.24) is 14.9 Å². The summed E-state index contributed by atoms with van der Waals surface area (Å²) in [5, 5.41) is 0. The molecule has 0 radical (unpaired) electrons. The van der Waals surface area contributed by atoms with E-state index in [2.05, 4.69) is 9.97 Å². The van der Waals surface area contributed by atoms with Gasteiger partial charge in [0.2, 0.25) is 18.6 Å². The van der Waals surface area contributed by atoms with Gasteiger partial charge < -0.3 is 20.1 Å². The molecular weight excluding hydrogens is 360 g/mol. The Morgan fingerprint density at radius 3 is 2.82 bits per heavy atom. The van der Waals surface area contributed by atoms with E-state index in [-0.39, 0.29) is 29.6 Å². The maximum absolute atomic E-state index is 12.8. The van der Waals surface area contributed by atoms with Crippen LogP contribution >= 0.6 is 0 Å². The third kappa shape index (κ3) is 2.71. The van der Waals surface area contributed by atoms with Crippen molar-refractivity contribution >= 4 is 11.9 Å². The molecule has 0 bridgehead atoms. The predicted octanol–water partition coefficient (Wildman–Crippen LogP) is 1.13. The third-order valence-corrected chi connectivity index (χ3v) is 6.26. The zero-order valence-electron chi connectivity index (χ0n) is 15.5. The lowest BCUT2D eigenvalue weighted by atomic mass is 9.76. The van der Waals surface area contributed by atoms with E-state index in [0.29, 0.717) is 25.3 Å². The average molecular weight is 382 g/mol. The Morgan fingerprint density at radius 1 is 1.21 bits per heavy atom. The standard InChI is InChI=1S/C20H22N4O4/c21-19-22-17-13(18(26)23-19)3-4-20(17)5-7-24(8-6-20)16(25)10-12-1-2-14-15(9-12)28-11-27-14/h1-2,9H,3-8,10-11H2,(H3,21,22,23,26). The van der Waals surface area contributed by atoms with E-state index in [1.165, 1.54) is 0 Å². The number of nitrogens with two attached hydrogens (primary N) is 1. The van der Waals surface area contributed by atoms with E-state index >= 15 is 0 Å². The van der Waals surface area contributed by atoms with Crippen molar-refractivity contribution in [1.29, 1.82) is 0 Å². The van der Waals surface area contributed by atoms with Gasteiger partial charge in [-0.05, 0) is 43.4 Å². The summed E-state index contributed by atoms with van der Waals surface area (Å²) in [7, 11) is 0. The number of hydrogen-bond donors (Lipinski definition) is 2. The molecule has 3 heterocycles. The largest absolute Gasteiger partial charge is 0.454 e. The van der Waals surface area contributed by atoms with Crippen molar-refractivity contribution in [2.75, 3.05) is 25.6 Å². The van der Waals surface area contributed by atoms with Crippen LogP contribution in [0.5, 0.6) is 11.5 Å². The number of nitrogens with zero attached hydrogens (tertiary/aromatic N) is 2. The fraction of sp³-hybridized carbons (Fsp3) is 0.450. The molecule has 3 aliphatic rings. The van der Waals surface area contributed by atoms with E-state index in [9.17, 15) is 9.59 Å². The molecule has 2 aliphatic heterocycles. The number of rotatable bonds is 2. The zero-order valence-corrected chi connectivity index (χ0v) is 15.5. The quantitative estimate of drug-likeness (QED) is 0.806. The fourth-order valence-electron chi connectivity index (χ4n) is 4.68. The summed E-state index contributed by atoms with van der Waals surface area (Å²) in [6.45, 7) is 1.55. The van der Waals surface area contributed by atoms with Crippen LogP contribution < -0.4 is 20.8 Å². The van der Waals surface area contributed by atoms with Crippen molar-refractivity contribution in [3.05, 3.63) is 45.4 Å². The smallest absolute Gasteiger partial charge is 0.255 e. The summed E-state index contributed by atoms with van der Waals surface area (Å²) < 4.78 is 10.7. The molecular formula is C20H22N4O4. The SMILES string of the molecule is Nc1nc2c(c(=O)[nH]1)CCC21CCN(C(=O)Cc2ccc3c(c2)OCO3)CC1. The van der Waals surface area contributed by atoms with Gasteiger partial charge in [0.25, 0.3) is 5.56 Å². The number of likely N-dealkylation sites (tertiary alicyclic amines) is 1. The first-order valence-electron chi connectivity index (χ1n) is 9.60. The second-order valence-electron chi connectivity index (χ2n) is 7.80. The third-order valence-electron chi connectivity index (χ3n) is 6.26. The molecule has 5 rings (SSSR count). The number of carbonyl (C=O) groups excluding carboxylic acids is 1. The van der Waals surface area contributed by atoms with Crippen molar-refractivity contribution in [3.8, 4) is 11.5 Å². The number of ether oxygens (including phenoxy) is 2. The van der Waals surface area contributed by atoms with Gasteiger partial charge in [0, 0.05) is 24.1 Å². The highest BCUT2D eigenvalue weighted by Crippen LogP contribution is 2.44. The van der Waals surface area contributed by atoms with Gasteiger partial charge in [-0.3, -0.25) is 14.6 Å². The minimum atomic E-state index is -0.132. The number of nitrogen functional groups attached to an aromatic ring is 1. The summed E-state index contributed by atoms with van der Waals surface area (Å²) in [6, 6.07) is 5.63. The molecule has 0 saturated carbocycles. The number of H-pyrrole nitrogens is 1. The number of benzene rings is 1. The number of aromatic nitrogens is 2. The molecule has 1 amide bonds. The topological polar surface area (TPSA) is 111 Å². The first-order valence-corrected chi connectivity index (χ1v) is 9.60. The summed E-state index contributed by atoms with van der Waals surface area (Å²) in [5.74, 6) is 1.69. The highest BCUT2D eigenvalue weighted by atomic mass is 16.7. The number of amides is 1. The van der Waals surface area contributed by atoms with Gasteiger partial charge >= 0.3 is 0 Å². The monoisotopic (exact) mass is 382 g/mol. The molecule has 8 heteroatoms. The van der Waals surface area contributed by atoms with Gasteiger partial charge in [0.1, 0.15) is 0 Å². The van der Waals surface area contributed by atoms with Crippen LogP contribution in [0.2, 0.25) is 0 Å². The summed E-state index contributed by atoms with van der Waals surface area (Å²) in [5.41, 5.74) is 8.04. The van der Waals surface area contributed by atoms with Crippen LogP contribution in [0.4, 0.5) is 5.95 Å². The number of hydrogen-bond acceptors (Lipinski definition) is 6. The molecule has 146 valence electrons. The van der Waals surface area contributed by atoms with E-state index in [0.717, 1.165) is 48.3 Å².